The molecular formula is C24H26FN2O3+. The maximum Gasteiger partial charge on any atom is 0.279 e. The second-order valence-corrected chi connectivity index (χ2v) is 7.13. The second-order valence-electron chi connectivity index (χ2n) is 7.13. The number of quaternary nitrogens is 1. The van der Waals surface area contributed by atoms with E-state index in [0.29, 0.717) is 18.8 Å². The minimum atomic E-state index is -0.401. The molecule has 1 unspecified atom stereocenters. The molecule has 1 atom stereocenters. The molecular weight excluding hydrogens is 383 g/mol. The van der Waals surface area contributed by atoms with Gasteiger partial charge in [0.25, 0.3) is 5.91 Å². The van der Waals surface area contributed by atoms with Gasteiger partial charge in [0.2, 0.25) is 0 Å². The number of halogens is 1. The van der Waals surface area contributed by atoms with Gasteiger partial charge in [0, 0.05) is 11.3 Å². The molecule has 3 rings (SSSR count). The Morgan fingerprint density at radius 2 is 1.73 bits per heavy atom. The fourth-order valence-corrected chi connectivity index (χ4v) is 3.09. The molecule has 30 heavy (non-hydrogen) atoms. The van der Waals surface area contributed by atoms with Gasteiger partial charge in [-0.1, -0.05) is 30.3 Å². The largest absolute Gasteiger partial charge is 0.494 e. The highest BCUT2D eigenvalue weighted by Gasteiger charge is 2.12. The average molecular weight is 409 g/mol. The summed E-state index contributed by atoms with van der Waals surface area (Å²) in [5, 5.41) is 2.88. The molecule has 5 nitrogen and oxygen atoms in total. The van der Waals surface area contributed by atoms with E-state index in [9.17, 15) is 9.18 Å². The van der Waals surface area contributed by atoms with Crippen LogP contribution < -0.4 is 19.7 Å². The van der Waals surface area contributed by atoms with Crippen molar-refractivity contribution < 1.29 is 23.6 Å². The number of anilines is 1. The molecule has 0 heterocycles. The highest BCUT2D eigenvalue weighted by Crippen LogP contribution is 2.18. The molecule has 0 bridgehead atoms. The van der Waals surface area contributed by atoms with Crippen LogP contribution in [-0.4, -0.2) is 26.6 Å². The number of methoxy groups -OCH3 is 1. The summed E-state index contributed by atoms with van der Waals surface area (Å²) in [4.78, 5) is 13.3. The normalized spacial score (nSPS) is 11.6. The van der Waals surface area contributed by atoms with Gasteiger partial charge in [0.15, 0.2) is 18.1 Å². The smallest absolute Gasteiger partial charge is 0.279 e. The quantitative estimate of drug-likeness (QED) is 0.571. The van der Waals surface area contributed by atoms with Crippen LogP contribution in [0.2, 0.25) is 0 Å². The number of hydrogen-bond acceptors (Lipinski definition) is 3. The van der Waals surface area contributed by atoms with Gasteiger partial charge in [-0.25, -0.2) is 4.39 Å². The third-order valence-corrected chi connectivity index (χ3v) is 4.57. The maximum absolute atomic E-state index is 13.8. The van der Waals surface area contributed by atoms with Crippen LogP contribution in [-0.2, 0) is 17.9 Å². The minimum absolute atomic E-state index is 0.112. The average Bonchev–Trinajstić information content (AvgIpc) is 2.74. The predicted molar refractivity (Wildman–Crippen MR) is 114 cm³/mol. The predicted octanol–water partition coefficient (Wildman–Crippen LogP) is 3.07. The Balaban J connectivity index is 1.46. The van der Waals surface area contributed by atoms with Crippen molar-refractivity contribution in [3.8, 4) is 11.5 Å². The first-order valence-corrected chi connectivity index (χ1v) is 9.74. The molecule has 0 aliphatic carbocycles. The second kappa shape index (κ2) is 10.4. The van der Waals surface area contributed by atoms with Crippen LogP contribution in [0.3, 0.4) is 0 Å². The van der Waals surface area contributed by atoms with E-state index in [0.717, 1.165) is 21.8 Å². The van der Waals surface area contributed by atoms with Crippen LogP contribution in [0.4, 0.5) is 10.1 Å². The summed E-state index contributed by atoms with van der Waals surface area (Å²) >= 11 is 0. The number of nitrogens with one attached hydrogen (secondary N) is 2. The highest BCUT2D eigenvalue weighted by atomic mass is 19.1. The zero-order valence-corrected chi connectivity index (χ0v) is 17.2. The molecule has 3 aromatic carbocycles. The Morgan fingerprint density at radius 3 is 2.40 bits per heavy atom. The van der Waals surface area contributed by atoms with Crippen molar-refractivity contribution in [1.29, 1.82) is 0 Å². The number of hydrogen-bond donors (Lipinski definition) is 2. The summed E-state index contributed by atoms with van der Waals surface area (Å²) in [6.45, 7) is 1.28. The van der Waals surface area contributed by atoms with Gasteiger partial charge in [-0.2, -0.15) is 0 Å². The molecule has 0 spiro atoms. The van der Waals surface area contributed by atoms with E-state index in [1.807, 2.05) is 61.6 Å². The number of benzene rings is 3. The van der Waals surface area contributed by atoms with E-state index in [1.54, 1.807) is 12.1 Å². The van der Waals surface area contributed by atoms with Crippen LogP contribution in [0.25, 0.3) is 0 Å². The van der Waals surface area contributed by atoms with Gasteiger partial charge >= 0.3 is 0 Å². The highest BCUT2D eigenvalue weighted by molar-refractivity contribution is 5.91. The minimum Gasteiger partial charge on any atom is -0.494 e. The van der Waals surface area contributed by atoms with Gasteiger partial charge in [0.05, 0.1) is 14.2 Å². The number of carbonyl (C=O) groups excluding carboxylic acids is 1. The first-order chi connectivity index (χ1) is 14.5. The molecule has 0 fully saturated rings. The van der Waals surface area contributed by atoms with Crippen molar-refractivity contribution in [1.82, 2.24) is 0 Å². The van der Waals surface area contributed by atoms with Gasteiger partial charge in [-0.3, -0.25) is 4.79 Å². The summed E-state index contributed by atoms with van der Waals surface area (Å²) in [6.07, 6.45) is 0. The number of carbonyl (C=O) groups is 1. The van der Waals surface area contributed by atoms with Gasteiger partial charge in [-0.05, 0) is 48.0 Å². The lowest BCUT2D eigenvalue weighted by molar-refractivity contribution is -0.885. The summed E-state index contributed by atoms with van der Waals surface area (Å²) in [6, 6.07) is 22.1. The van der Waals surface area contributed by atoms with E-state index in [1.165, 1.54) is 13.2 Å². The Hall–Kier alpha value is -3.38. The first-order valence-electron chi connectivity index (χ1n) is 9.74. The summed E-state index contributed by atoms with van der Waals surface area (Å²) in [5.74, 6) is 0.438. The molecule has 0 radical (unpaired) electrons. The van der Waals surface area contributed by atoms with Crippen LogP contribution in [0.5, 0.6) is 11.5 Å². The fraction of sp³-hybridized carbons (Fsp3) is 0.208. The van der Waals surface area contributed by atoms with Gasteiger partial charge in [-0.15, -0.1) is 0 Å². The van der Waals surface area contributed by atoms with Crippen molar-refractivity contribution in [2.24, 2.45) is 0 Å². The summed E-state index contributed by atoms with van der Waals surface area (Å²) in [5.41, 5.74) is 2.60. The Bertz CT molecular complexity index is 962. The van der Waals surface area contributed by atoms with Crippen molar-refractivity contribution in [2.45, 2.75) is 13.2 Å². The molecule has 0 aromatic heterocycles. The lowest BCUT2D eigenvalue weighted by atomic mass is 10.2. The molecule has 0 aliphatic rings. The SMILES string of the molecule is COc1ccc(C[NH+](C)CC(=O)Nc2ccc(OCc3ccccc3)cc2)cc1F. The monoisotopic (exact) mass is 409 g/mol. The third kappa shape index (κ3) is 6.32. The number of likely N-dealkylation sites (N-methyl/N-ethyl adjacent to an activating group) is 1. The lowest BCUT2D eigenvalue weighted by Gasteiger charge is -2.14. The lowest BCUT2D eigenvalue weighted by Crippen LogP contribution is -3.08. The van der Waals surface area contributed by atoms with Crippen molar-refractivity contribution in [3.05, 3.63) is 89.7 Å². The van der Waals surface area contributed by atoms with Gasteiger partial charge < -0.3 is 19.7 Å². The van der Waals surface area contributed by atoms with E-state index in [4.69, 9.17) is 9.47 Å². The van der Waals surface area contributed by atoms with Crippen LogP contribution in [0, 0.1) is 5.82 Å². The van der Waals surface area contributed by atoms with Crippen molar-refractivity contribution in [3.63, 3.8) is 0 Å². The van der Waals surface area contributed by atoms with E-state index < -0.39 is 5.82 Å². The zero-order valence-electron chi connectivity index (χ0n) is 17.2. The van der Waals surface area contributed by atoms with Crippen LogP contribution in [0.1, 0.15) is 11.1 Å². The molecule has 0 saturated carbocycles. The molecule has 0 saturated heterocycles. The first kappa shape index (κ1) is 21.3. The molecule has 156 valence electrons. The zero-order chi connectivity index (χ0) is 21.3. The Kier molecular flexibility index (Phi) is 7.40. The molecule has 6 heteroatoms. The maximum atomic E-state index is 13.8. The summed E-state index contributed by atoms with van der Waals surface area (Å²) in [7, 11) is 3.32. The molecule has 1 amide bonds. The summed E-state index contributed by atoms with van der Waals surface area (Å²) < 4.78 is 24.5. The van der Waals surface area contributed by atoms with Crippen LogP contribution in [0.15, 0.2) is 72.8 Å². The molecule has 2 N–H and O–H groups in total. The van der Waals surface area contributed by atoms with E-state index >= 15 is 0 Å². The Morgan fingerprint density at radius 1 is 1.00 bits per heavy atom. The number of rotatable bonds is 9. The number of amides is 1. The molecule has 0 aliphatic heterocycles. The third-order valence-electron chi connectivity index (χ3n) is 4.57. The Labute approximate surface area is 176 Å². The standard InChI is InChI=1S/C24H25FN2O3/c1-27(15-19-8-13-23(29-2)22(25)14-19)16-24(28)26-20-9-11-21(12-10-20)30-17-18-6-4-3-5-7-18/h3-14H,15-17H2,1-2H3,(H,26,28)/p+1. The van der Waals surface area contributed by atoms with Crippen LogP contribution >= 0.6 is 0 Å². The molecule has 3 aromatic rings. The van der Waals surface area contributed by atoms with E-state index in [2.05, 4.69) is 5.32 Å². The number of ether oxygens (including phenoxy) is 2. The topological polar surface area (TPSA) is 52.0 Å². The van der Waals surface area contributed by atoms with E-state index in [-0.39, 0.29) is 18.2 Å². The van der Waals surface area contributed by atoms with Crippen molar-refractivity contribution >= 4 is 11.6 Å². The van der Waals surface area contributed by atoms with Crippen molar-refractivity contribution in [2.75, 3.05) is 26.0 Å². The van der Waals surface area contributed by atoms with Gasteiger partial charge in [0.1, 0.15) is 18.9 Å². The fourth-order valence-electron chi connectivity index (χ4n) is 3.09.